The molecule has 16 heavy (non-hydrogen) atoms. The van der Waals surface area contributed by atoms with Crippen molar-refractivity contribution in [1.82, 2.24) is 0 Å². The molecule has 0 amide bonds. The van der Waals surface area contributed by atoms with E-state index in [0.717, 1.165) is 0 Å². The average Bonchev–Trinajstić information content (AvgIpc) is 2.87. The molecular formula is C10H20O6. The van der Waals surface area contributed by atoms with Gasteiger partial charge in [0.25, 0.3) is 0 Å². The zero-order chi connectivity index (χ0) is 12.0. The van der Waals surface area contributed by atoms with E-state index in [4.69, 9.17) is 29.9 Å². The van der Waals surface area contributed by atoms with E-state index in [2.05, 4.69) is 0 Å². The molecule has 2 aliphatic heterocycles. The minimum Gasteiger partial charge on any atom is -0.394 e. The van der Waals surface area contributed by atoms with E-state index in [9.17, 15) is 0 Å². The maximum absolute atomic E-state index is 8.90. The van der Waals surface area contributed by atoms with Crippen molar-refractivity contribution in [2.75, 3.05) is 26.4 Å². The maximum Gasteiger partial charge on any atom is 0.106 e. The van der Waals surface area contributed by atoms with Gasteiger partial charge in [0.2, 0.25) is 0 Å². The molecule has 0 aromatic carbocycles. The van der Waals surface area contributed by atoms with Crippen molar-refractivity contribution >= 4 is 0 Å². The van der Waals surface area contributed by atoms with Crippen LogP contribution in [-0.2, 0) is 9.47 Å². The van der Waals surface area contributed by atoms with Gasteiger partial charge in [0.05, 0.1) is 25.4 Å². The van der Waals surface area contributed by atoms with E-state index in [0.29, 0.717) is 26.1 Å². The minimum atomic E-state index is -0.444. The van der Waals surface area contributed by atoms with Gasteiger partial charge in [0.1, 0.15) is 12.2 Å². The van der Waals surface area contributed by atoms with E-state index in [1.165, 1.54) is 0 Å². The topological polar surface area (TPSA) is 99.4 Å². The van der Waals surface area contributed by atoms with Crippen LogP contribution in [0.25, 0.3) is 0 Å². The second kappa shape index (κ2) is 7.16. The molecule has 0 aromatic heterocycles. The zero-order valence-corrected chi connectivity index (χ0v) is 9.16. The molecule has 2 rings (SSSR count). The number of rotatable bonds is 2. The summed E-state index contributed by atoms with van der Waals surface area (Å²) in [6, 6.07) is 0. The highest BCUT2D eigenvalue weighted by atomic mass is 16.5. The smallest absolute Gasteiger partial charge is 0.106 e. The zero-order valence-electron chi connectivity index (χ0n) is 9.16. The van der Waals surface area contributed by atoms with E-state index < -0.39 is 12.2 Å². The predicted octanol–water partition coefficient (Wildman–Crippen LogP) is -1.74. The van der Waals surface area contributed by atoms with Crippen LogP contribution in [0.4, 0.5) is 0 Å². The van der Waals surface area contributed by atoms with Crippen LogP contribution >= 0.6 is 0 Å². The Morgan fingerprint density at radius 3 is 1.31 bits per heavy atom. The fourth-order valence-corrected chi connectivity index (χ4v) is 1.62. The molecule has 96 valence electrons. The number of aliphatic hydroxyl groups excluding tert-OH is 4. The third-order valence-electron chi connectivity index (χ3n) is 2.71. The van der Waals surface area contributed by atoms with Gasteiger partial charge in [-0.15, -0.1) is 0 Å². The second-order valence-corrected chi connectivity index (χ2v) is 3.90. The molecule has 0 bridgehead atoms. The Kier molecular flexibility index (Phi) is 6.18. The SMILES string of the molecule is OC[C@H]1OCC[C@@H]1O.OC[C@H]1OCC[C@@H]1O. The highest BCUT2D eigenvalue weighted by molar-refractivity contribution is 4.73. The fourth-order valence-electron chi connectivity index (χ4n) is 1.62. The Morgan fingerprint density at radius 1 is 0.812 bits per heavy atom. The lowest BCUT2D eigenvalue weighted by molar-refractivity contribution is 0.00400. The Morgan fingerprint density at radius 2 is 1.19 bits per heavy atom. The lowest BCUT2D eigenvalue weighted by atomic mass is 10.2. The number of hydrogen-bond donors (Lipinski definition) is 4. The highest BCUT2D eigenvalue weighted by Crippen LogP contribution is 2.12. The molecule has 2 fully saturated rings. The summed E-state index contributed by atoms with van der Waals surface area (Å²) in [5, 5.41) is 34.7. The van der Waals surface area contributed by atoms with E-state index in [1.54, 1.807) is 0 Å². The van der Waals surface area contributed by atoms with E-state index in [-0.39, 0.29) is 25.4 Å². The highest BCUT2D eigenvalue weighted by Gasteiger charge is 2.25. The van der Waals surface area contributed by atoms with E-state index in [1.807, 2.05) is 0 Å². The van der Waals surface area contributed by atoms with Crippen molar-refractivity contribution in [3.63, 3.8) is 0 Å². The van der Waals surface area contributed by atoms with Crippen LogP contribution in [0.1, 0.15) is 12.8 Å². The summed E-state index contributed by atoms with van der Waals surface area (Å²) in [5.74, 6) is 0. The summed E-state index contributed by atoms with van der Waals surface area (Å²) in [6.45, 7) is 1.02. The van der Waals surface area contributed by atoms with Gasteiger partial charge in [-0.2, -0.15) is 0 Å². The first-order valence-electron chi connectivity index (χ1n) is 5.50. The number of aliphatic hydroxyl groups is 4. The Labute approximate surface area is 94.4 Å². The van der Waals surface area contributed by atoms with Crippen molar-refractivity contribution in [1.29, 1.82) is 0 Å². The molecule has 6 nitrogen and oxygen atoms in total. The number of ether oxygens (including phenoxy) is 2. The third kappa shape index (κ3) is 3.97. The van der Waals surface area contributed by atoms with Gasteiger partial charge < -0.3 is 29.9 Å². The molecule has 2 aliphatic rings. The monoisotopic (exact) mass is 236 g/mol. The summed E-state index contributed by atoms with van der Waals surface area (Å²) < 4.78 is 9.83. The summed E-state index contributed by atoms with van der Waals surface area (Å²) in [6.07, 6.45) is -0.221. The average molecular weight is 236 g/mol. The Bertz CT molecular complexity index is 168. The predicted molar refractivity (Wildman–Crippen MR) is 54.9 cm³/mol. The number of hydrogen-bond acceptors (Lipinski definition) is 6. The molecule has 2 heterocycles. The first-order valence-corrected chi connectivity index (χ1v) is 5.50. The van der Waals surface area contributed by atoms with Crippen LogP contribution in [0.2, 0.25) is 0 Å². The fraction of sp³-hybridized carbons (Fsp3) is 1.00. The van der Waals surface area contributed by atoms with Crippen molar-refractivity contribution < 1.29 is 29.9 Å². The van der Waals surface area contributed by atoms with Gasteiger partial charge in [0, 0.05) is 13.2 Å². The molecule has 0 unspecified atom stereocenters. The van der Waals surface area contributed by atoms with Crippen LogP contribution < -0.4 is 0 Å². The standard InChI is InChI=1S/2C5H10O3/c2*6-3-5-4(7)1-2-8-5/h2*4-7H,1-3H2/t2*4-,5+/m00/s1. The summed E-state index contributed by atoms with van der Waals surface area (Å²) in [7, 11) is 0. The third-order valence-corrected chi connectivity index (χ3v) is 2.71. The van der Waals surface area contributed by atoms with Gasteiger partial charge >= 0.3 is 0 Å². The van der Waals surface area contributed by atoms with Gasteiger partial charge in [-0.05, 0) is 12.8 Å². The van der Waals surface area contributed by atoms with Crippen molar-refractivity contribution in [3.05, 3.63) is 0 Å². The summed E-state index contributed by atoms with van der Waals surface area (Å²) in [5.41, 5.74) is 0. The molecule has 6 heteroatoms. The molecule has 4 N–H and O–H groups in total. The lowest BCUT2D eigenvalue weighted by Gasteiger charge is -2.07. The normalized spacial score (nSPS) is 38.2. The first-order chi connectivity index (χ1) is 7.69. The van der Waals surface area contributed by atoms with E-state index >= 15 is 0 Å². The maximum atomic E-state index is 8.90. The summed E-state index contributed by atoms with van der Waals surface area (Å²) in [4.78, 5) is 0. The molecule has 2 saturated heterocycles. The second-order valence-electron chi connectivity index (χ2n) is 3.90. The molecule has 0 spiro atoms. The Balaban J connectivity index is 0.000000160. The molecule has 0 aromatic rings. The molecule has 0 radical (unpaired) electrons. The van der Waals surface area contributed by atoms with Gasteiger partial charge in [0.15, 0.2) is 0 Å². The van der Waals surface area contributed by atoms with Crippen molar-refractivity contribution in [3.8, 4) is 0 Å². The van der Waals surface area contributed by atoms with Crippen LogP contribution in [0, 0.1) is 0 Å². The van der Waals surface area contributed by atoms with Crippen molar-refractivity contribution in [2.24, 2.45) is 0 Å². The van der Waals surface area contributed by atoms with Gasteiger partial charge in [-0.1, -0.05) is 0 Å². The van der Waals surface area contributed by atoms with Gasteiger partial charge in [-0.25, -0.2) is 0 Å². The first kappa shape index (κ1) is 13.8. The molecule has 0 aliphatic carbocycles. The lowest BCUT2D eigenvalue weighted by Crippen LogP contribution is -2.24. The Hall–Kier alpha value is -0.240. The van der Waals surface area contributed by atoms with Crippen LogP contribution in [0.5, 0.6) is 0 Å². The molecular weight excluding hydrogens is 216 g/mol. The quantitative estimate of drug-likeness (QED) is 0.454. The summed E-state index contributed by atoms with van der Waals surface area (Å²) >= 11 is 0. The van der Waals surface area contributed by atoms with Crippen LogP contribution in [0.15, 0.2) is 0 Å². The van der Waals surface area contributed by atoms with Gasteiger partial charge in [-0.3, -0.25) is 0 Å². The minimum absolute atomic E-state index is 0.0683. The van der Waals surface area contributed by atoms with Crippen LogP contribution in [-0.4, -0.2) is 71.3 Å². The largest absolute Gasteiger partial charge is 0.394 e. The van der Waals surface area contributed by atoms with Crippen molar-refractivity contribution in [2.45, 2.75) is 37.3 Å². The van der Waals surface area contributed by atoms with Crippen LogP contribution in [0.3, 0.4) is 0 Å². The molecule has 4 atom stereocenters. The molecule has 0 saturated carbocycles.